The fourth-order valence-electron chi connectivity index (χ4n) is 2.99. The molecule has 3 rings (SSSR count). The minimum atomic E-state index is -0.458. The zero-order chi connectivity index (χ0) is 19.2. The standard InChI is InChI=1S/C21H18N2O4/c24-14-22-13-18-5-2-1-4-16(18)10-15-8-9-21(25)20(11-15)17-6-3-7-19(12-17)23(26)27/h1-9,11-12,14,25H,10,13H2,(H,22,24). The van der Waals surface area contributed by atoms with Gasteiger partial charge in [0.05, 0.1) is 4.92 Å². The van der Waals surface area contributed by atoms with Gasteiger partial charge in [-0.3, -0.25) is 14.9 Å². The second kappa shape index (κ2) is 8.14. The summed E-state index contributed by atoms with van der Waals surface area (Å²) in [4.78, 5) is 21.1. The predicted octanol–water partition coefficient (Wildman–Crippen LogP) is 3.80. The average molecular weight is 362 g/mol. The number of nitrogens with one attached hydrogen (secondary N) is 1. The van der Waals surface area contributed by atoms with Crippen molar-refractivity contribution in [2.75, 3.05) is 0 Å². The largest absolute Gasteiger partial charge is 0.507 e. The van der Waals surface area contributed by atoms with Crippen LogP contribution in [0.3, 0.4) is 0 Å². The molecule has 3 aromatic rings. The molecule has 136 valence electrons. The Kier molecular flexibility index (Phi) is 5.47. The number of carbonyl (C=O) groups excluding carboxylic acids is 1. The van der Waals surface area contributed by atoms with Crippen LogP contribution in [-0.4, -0.2) is 16.4 Å². The van der Waals surface area contributed by atoms with Crippen molar-refractivity contribution in [3.63, 3.8) is 0 Å². The summed E-state index contributed by atoms with van der Waals surface area (Å²) in [6.07, 6.45) is 1.27. The van der Waals surface area contributed by atoms with Gasteiger partial charge in [0.2, 0.25) is 6.41 Å². The van der Waals surface area contributed by atoms with E-state index in [1.807, 2.05) is 36.4 Å². The van der Waals surface area contributed by atoms with E-state index in [-0.39, 0.29) is 11.4 Å². The summed E-state index contributed by atoms with van der Waals surface area (Å²) < 4.78 is 0. The Morgan fingerprint density at radius 2 is 1.78 bits per heavy atom. The van der Waals surface area contributed by atoms with E-state index in [1.165, 1.54) is 12.1 Å². The number of amides is 1. The third-order valence-corrected chi connectivity index (χ3v) is 4.32. The van der Waals surface area contributed by atoms with Gasteiger partial charge in [-0.25, -0.2) is 0 Å². The minimum absolute atomic E-state index is 0.0254. The zero-order valence-electron chi connectivity index (χ0n) is 14.5. The van der Waals surface area contributed by atoms with E-state index in [0.29, 0.717) is 30.5 Å². The van der Waals surface area contributed by atoms with Gasteiger partial charge in [0, 0.05) is 24.2 Å². The highest BCUT2D eigenvalue weighted by Gasteiger charge is 2.12. The van der Waals surface area contributed by atoms with Crippen LogP contribution >= 0.6 is 0 Å². The van der Waals surface area contributed by atoms with Gasteiger partial charge in [0.25, 0.3) is 5.69 Å². The summed E-state index contributed by atoms with van der Waals surface area (Å²) >= 11 is 0. The number of benzene rings is 3. The van der Waals surface area contributed by atoms with Crippen LogP contribution in [0.2, 0.25) is 0 Å². The highest BCUT2D eigenvalue weighted by Crippen LogP contribution is 2.32. The summed E-state index contributed by atoms with van der Waals surface area (Å²) in [5.74, 6) is 0.0650. The minimum Gasteiger partial charge on any atom is -0.507 e. The van der Waals surface area contributed by atoms with E-state index in [0.717, 1.165) is 16.7 Å². The van der Waals surface area contributed by atoms with Crippen LogP contribution in [0.25, 0.3) is 11.1 Å². The van der Waals surface area contributed by atoms with Crippen molar-refractivity contribution in [1.82, 2.24) is 5.32 Å². The van der Waals surface area contributed by atoms with Gasteiger partial charge >= 0.3 is 0 Å². The average Bonchev–Trinajstić information content (AvgIpc) is 2.69. The lowest BCUT2D eigenvalue weighted by Crippen LogP contribution is -2.11. The van der Waals surface area contributed by atoms with Gasteiger partial charge in [-0.1, -0.05) is 42.5 Å². The van der Waals surface area contributed by atoms with E-state index < -0.39 is 4.92 Å². The Hall–Kier alpha value is -3.67. The molecule has 6 nitrogen and oxygen atoms in total. The van der Waals surface area contributed by atoms with Crippen LogP contribution in [0, 0.1) is 10.1 Å². The Labute approximate surface area is 156 Å². The van der Waals surface area contributed by atoms with Crippen molar-refractivity contribution in [2.45, 2.75) is 13.0 Å². The molecule has 0 aliphatic heterocycles. The van der Waals surface area contributed by atoms with Crippen molar-refractivity contribution >= 4 is 12.1 Å². The maximum Gasteiger partial charge on any atom is 0.270 e. The lowest BCUT2D eigenvalue weighted by atomic mass is 9.96. The number of non-ortho nitro benzene ring substituents is 1. The first-order chi connectivity index (χ1) is 13.1. The van der Waals surface area contributed by atoms with Gasteiger partial charge in [-0.15, -0.1) is 0 Å². The molecule has 27 heavy (non-hydrogen) atoms. The second-order valence-corrected chi connectivity index (χ2v) is 6.10. The van der Waals surface area contributed by atoms with Gasteiger partial charge in [0.15, 0.2) is 0 Å². The molecule has 0 aliphatic rings. The number of phenolic OH excluding ortho intramolecular Hbond substituents is 1. The molecular weight excluding hydrogens is 344 g/mol. The smallest absolute Gasteiger partial charge is 0.270 e. The van der Waals surface area contributed by atoms with Gasteiger partial charge in [0.1, 0.15) is 5.75 Å². The highest BCUT2D eigenvalue weighted by molar-refractivity contribution is 5.72. The number of carbonyl (C=O) groups is 1. The van der Waals surface area contributed by atoms with Crippen LogP contribution in [0.1, 0.15) is 16.7 Å². The fourth-order valence-corrected chi connectivity index (χ4v) is 2.99. The van der Waals surface area contributed by atoms with E-state index in [2.05, 4.69) is 5.32 Å². The first kappa shape index (κ1) is 18.1. The van der Waals surface area contributed by atoms with E-state index in [4.69, 9.17) is 0 Å². The molecule has 6 heteroatoms. The number of hydrogen-bond acceptors (Lipinski definition) is 4. The van der Waals surface area contributed by atoms with Crippen LogP contribution in [0.5, 0.6) is 5.75 Å². The Morgan fingerprint density at radius 3 is 2.52 bits per heavy atom. The lowest BCUT2D eigenvalue weighted by molar-refractivity contribution is -0.384. The summed E-state index contributed by atoms with van der Waals surface area (Å²) in [6, 6.07) is 19.2. The van der Waals surface area contributed by atoms with Crippen LogP contribution < -0.4 is 5.32 Å². The molecule has 0 aliphatic carbocycles. The summed E-state index contributed by atoms with van der Waals surface area (Å²) in [5, 5.41) is 23.9. The summed E-state index contributed by atoms with van der Waals surface area (Å²) in [5.41, 5.74) is 4.12. The molecule has 0 heterocycles. The third-order valence-electron chi connectivity index (χ3n) is 4.32. The quantitative estimate of drug-likeness (QED) is 0.380. The van der Waals surface area contributed by atoms with E-state index >= 15 is 0 Å². The molecule has 0 saturated carbocycles. The van der Waals surface area contributed by atoms with Crippen molar-refractivity contribution in [2.24, 2.45) is 0 Å². The normalized spacial score (nSPS) is 10.4. The van der Waals surface area contributed by atoms with Gasteiger partial charge < -0.3 is 10.4 Å². The Morgan fingerprint density at radius 1 is 1.00 bits per heavy atom. The van der Waals surface area contributed by atoms with Gasteiger partial charge in [-0.05, 0) is 40.8 Å². The Bertz CT molecular complexity index is 985. The van der Waals surface area contributed by atoms with Crippen molar-refractivity contribution in [3.05, 3.63) is 93.5 Å². The molecule has 3 aromatic carbocycles. The zero-order valence-corrected chi connectivity index (χ0v) is 14.5. The number of nitro benzene ring substituents is 1. The molecule has 0 saturated heterocycles. The van der Waals surface area contributed by atoms with Crippen LogP contribution in [-0.2, 0) is 17.8 Å². The topological polar surface area (TPSA) is 92.5 Å². The highest BCUT2D eigenvalue weighted by atomic mass is 16.6. The first-order valence-electron chi connectivity index (χ1n) is 8.39. The molecule has 2 N–H and O–H groups in total. The number of rotatable bonds is 7. The first-order valence-corrected chi connectivity index (χ1v) is 8.39. The van der Waals surface area contributed by atoms with E-state index in [1.54, 1.807) is 18.2 Å². The van der Waals surface area contributed by atoms with Crippen LogP contribution in [0.4, 0.5) is 5.69 Å². The third kappa shape index (κ3) is 4.30. The van der Waals surface area contributed by atoms with Crippen LogP contribution in [0.15, 0.2) is 66.7 Å². The number of phenols is 1. The molecule has 0 radical (unpaired) electrons. The van der Waals surface area contributed by atoms with Gasteiger partial charge in [-0.2, -0.15) is 0 Å². The number of nitrogens with zero attached hydrogens (tertiary/aromatic N) is 1. The maximum atomic E-state index is 11.0. The molecule has 0 atom stereocenters. The maximum absolute atomic E-state index is 11.0. The molecule has 0 unspecified atom stereocenters. The predicted molar refractivity (Wildman–Crippen MR) is 102 cm³/mol. The van der Waals surface area contributed by atoms with Crippen molar-refractivity contribution in [3.8, 4) is 16.9 Å². The lowest BCUT2D eigenvalue weighted by Gasteiger charge is -2.11. The monoisotopic (exact) mass is 362 g/mol. The number of nitro groups is 1. The molecular formula is C21H18N2O4. The molecule has 0 aromatic heterocycles. The summed E-state index contributed by atoms with van der Waals surface area (Å²) in [7, 11) is 0. The molecule has 1 amide bonds. The van der Waals surface area contributed by atoms with Crippen molar-refractivity contribution in [1.29, 1.82) is 0 Å². The molecule has 0 bridgehead atoms. The number of hydrogen-bond donors (Lipinski definition) is 2. The molecule has 0 fully saturated rings. The SMILES string of the molecule is O=CNCc1ccccc1Cc1ccc(O)c(-c2cccc([N+](=O)[O-])c2)c1. The molecule has 0 spiro atoms. The van der Waals surface area contributed by atoms with E-state index in [9.17, 15) is 20.0 Å². The summed E-state index contributed by atoms with van der Waals surface area (Å²) in [6.45, 7) is 0.440. The van der Waals surface area contributed by atoms with Crippen molar-refractivity contribution < 1.29 is 14.8 Å². The fraction of sp³-hybridized carbons (Fsp3) is 0.0952. The Balaban J connectivity index is 1.94. The number of aromatic hydroxyl groups is 1. The second-order valence-electron chi connectivity index (χ2n) is 6.10.